The van der Waals surface area contributed by atoms with Gasteiger partial charge >= 0.3 is 6.03 Å². The SMILES string of the molecule is COc1ccc(NC(=O)Nc2ccc(S(=O)(=O)O)cc2)cc1OC. The number of urea groups is 1. The van der Waals surface area contributed by atoms with Crippen molar-refractivity contribution < 1.29 is 27.2 Å². The summed E-state index contributed by atoms with van der Waals surface area (Å²) < 4.78 is 41.1. The zero-order chi connectivity index (χ0) is 17.7. The molecule has 0 radical (unpaired) electrons. The van der Waals surface area contributed by atoms with Crippen LogP contribution in [0.3, 0.4) is 0 Å². The molecule has 9 heteroatoms. The fourth-order valence-corrected chi connectivity index (χ4v) is 2.40. The number of benzene rings is 2. The first-order valence-corrected chi connectivity index (χ1v) is 8.15. The highest BCUT2D eigenvalue weighted by Crippen LogP contribution is 2.29. The van der Waals surface area contributed by atoms with Crippen LogP contribution in [0.1, 0.15) is 0 Å². The second kappa shape index (κ2) is 7.20. The van der Waals surface area contributed by atoms with Crippen LogP contribution in [0.25, 0.3) is 0 Å². The van der Waals surface area contributed by atoms with Gasteiger partial charge in [-0.15, -0.1) is 0 Å². The van der Waals surface area contributed by atoms with E-state index in [0.717, 1.165) is 0 Å². The van der Waals surface area contributed by atoms with E-state index in [2.05, 4.69) is 10.6 Å². The Morgan fingerprint density at radius 1 is 0.917 bits per heavy atom. The van der Waals surface area contributed by atoms with Gasteiger partial charge in [-0.2, -0.15) is 8.42 Å². The van der Waals surface area contributed by atoms with Crippen molar-refractivity contribution in [2.75, 3.05) is 24.9 Å². The fraction of sp³-hybridized carbons (Fsp3) is 0.133. The Hall–Kier alpha value is -2.78. The van der Waals surface area contributed by atoms with Gasteiger partial charge in [0.25, 0.3) is 10.1 Å². The second-order valence-electron chi connectivity index (χ2n) is 4.65. The summed E-state index contributed by atoms with van der Waals surface area (Å²) in [6.07, 6.45) is 0. The minimum absolute atomic E-state index is 0.256. The number of methoxy groups -OCH3 is 2. The van der Waals surface area contributed by atoms with Gasteiger partial charge in [0.05, 0.1) is 19.1 Å². The molecule has 0 aliphatic rings. The van der Waals surface area contributed by atoms with Gasteiger partial charge in [-0.3, -0.25) is 4.55 Å². The summed E-state index contributed by atoms with van der Waals surface area (Å²) >= 11 is 0. The van der Waals surface area contributed by atoms with Crippen molar-refractivity contribution in [3.8, 4) is 11.5 Å². The number of hydrogen-bond acceptors (Lipinski definition) is 5. The quantitative estimate of drug-likeness (QED) is 0.713. The highest BCUT2D eigenvalue weighted by Gasteiger charge is 2.10. The molecule has 8 nitrogen and oxygen atoms in total. The van der Waals surface area contributed by atoms with E-state index in [0.29, 0.717) is 22.9 Å². The van der Waals surface area contributed by atoms with Crippen LogP contribution in [0.15, 0.2) is 47.4 Å². The molecule has 2 aromatic carbocycles. The highest BCUT2D eigenvalue weighted by atomic mass is 32.2. The van der Waals surface area contributed by atoms with Crippen LogP contribution in [0, 0.1) is 0 Å². The Balaban J connectivity index is 2.05. The molecule has 2 rings (SSSR count). The summed E-state index contributed by atoms with van der Waals surface area (Å²) in [5.74, 6) is 0.997. The maximum absolute atomic E-state index is 12.0. The lowest BCUT2D eigenvalue weighted by Crippen LogP contribution is -2.19. The lowest BCUT2D eigenvalue weighted by molar-refractivity contribution is 0.262. The van der Waals surface area contributed by atoms with Crippen LogP contribution < -0.4 is 20.1 Å². The maximum Gasteiger partial charge on any atom is 0.323 e. The molecular formula is C15H16N2O6S. The van der Waals surface area contributed by atoms with Gasteiger partial charge in [0.1, 0.15) is 0 Å². The van der Waals surface area contributed by atoms with E-state index in [-0.39, 0.29) is 4.90 Å². The fourth-order valence-electron chi connectivity index (χ4n) is 1.92. The molecule has 0 unspecified atom stereocenters. The third kappa shape index (κ3) is 4.37. The summed E-state index contributed by atoms with van der Waals surface area (Å²) in [6, 6.07) is 9.44. The highest BCUT2D eigenvalue weighted by molar-refractivity contribution is 7.85. The first-order valence-electron chi connectivity index (χ1n) is 6.71. The van der Waals surface area contributed by atoms with Crippen LogP contribution in [-0.2, 0) is 10.1 Å². The van der Waals surface area contributed by atoms with E-state index in [9.17, 15) is 13.2 Å². The van der Waals surface area contributed by atoms with Crippen molar-refractivity contribution in [1.82, 2.24) is 0 Å². The molecular weight excluding hydrogens is 336 g/mol. The van der Waals surface area contributed by atoms with Crippen LogP contribution in [0.2, 0.25) is 0 Å². The number of ether oxygens (including phenoxy) is 2. The zero-order valence-corrected chi connectivity index (χ0v) is 13.8. The molecule has 0 bridgehead atoms. The Labute approximate surface area is 139 Å². The van der Waals surface area contributed by atoms with Gasteiger partial charge in [-0.25, -0.2) is 4.79 Å². The number of anilines is 2. The van der Waals surface area contributed by atoms with E-state index in [4.69, 9.17) is 14.0 Å². The molecule has 24 heavy (non-hydrogen) atoms. The monoisotopic (exact) mass is 352 g/mol. The number of rotatable bonds is 5. The molecule has 2 aromatic rings. The number of nitrogens with one attached hydrogen (secondary N) is 2. The molecule has 0 aliphatic carbocycles. The lowest BCUT2D eigenvalue weighted by Gasteiger charge is -2.11. The average Bonchev–Trinajstić information content (AvgIpc) is 2.54. The maximum atomic E-state index is 12.0. The van der Waals surface area contributed by atoms with Crippen molar-refractivity contribution in [3.05, 3.63) is 42.5 Å². The molecule has 2 amide bonds. The Bertz CT molecular complexity index is 834. The molecule has 3 N–H and O–H groups in total. The lowest BCUT2D eigenvalue weighted by atomic mass is 10.2. The van der Waals surface area contributed by atoms with Gasteiger partial charge in [0.2, 0.25) is 0 Å². The second-order valence-corrected chi connectivity index (χ2v) is 6.07. The van der Waals surface area contributed by atoms with Crippen LogP contribution >= 0.6 is 0 Å². The molecule has 0 spiro atoms. The normalized spacial score (nSPS) is 10.8. The molecule has 0 saturated heterocycles. The van der Waals surface area contributed by atoms with Gasteiger partial charge in [-0.05, 0) is 36.4 Å². The third-order valence-electron chi connectivity index (χ3n) is 3.05. The summed E-state index contributed by atoms with van der Waals surface area (Å²) in [5, 5.41) is 5.14. The van der Waals surface area contributed by atoms with Crippen molar-refractivity contribution in [1.29, 1.82) is 0 Å². The standard InChI is InChI=1S/C15H16N2O6S/c1-22-13-8-5-11(9-14(13)23-2)17-15(18)16-10-3-6-12(7-4-10)24(19,20)21/h3-9H,1-2H3,(H2,16,17,18)(H,19,20,21). The van der Waals surface area contributed by atoms with E-state index in [1.54, 1.807) is 18.2 Å². The third-order valence-corrected chi connectivity index (χ3v) is 3.92. The molecule has 0 atom stereocenters. The van der Waals surface area contributed by atoms with Gasteiger partial charge < -0.3 is 20.1 Å². The Morgan fingerprint density at radius 3 is 2.00 bits per heavy atom. The minimum Gasteiger partial charge on any atom is -0.493 e. The van der Waals surface area contributed by atoms with Crippen molar-refractivity contribution in [2.45, 2.75) is 4.90 Å². The molecule has 0 aliphatic heterocycles. The van der Waals surface area contributed by atoms with E-state index >= 15 is 0 Å². The largest absolute Gasteiger partial charge is 0.493 e. The summed E-state index contributed by atoms with van der Waals surface area (Å²) in [6.45, 7) is 0. The van der Waals surface area contributed by atoms with Crippen molar-refractivity contribution in [3.63, 3.8) is 0 Å². The molecule has 0 heterocycles. The molecule has 0 fully saturated rings. The predicted molar refractivity (Wildman–Crippen MR) is 88.4 cm³/mol. The minimum atomic E-state index is -4.27. The topological polar surface area (TPSA) is 114 Å². The van der Waals surface area contributed by atoms with E-state index in [1.165, 1.54) is 38.5 Å². The smallest absolute Gasteiger partial charge is 0.323 e. The van der Waals surface area contributed by atoms with Gasteiger partial charge in [0, 0.05) is 17.4 Å². The Kier molecular flexibility index (Phi) is 5.27. The van der Waals surface area contributed by atoms with Crippen LogP contribution in [0.4, 0.5) is 16.2 Å². The molecule has 0 aromatic heterocycles. The summed E-state index contributed by atoms with van der Waals surface area (Å²) in [5.41, 5.74) is 0.847. The van der Waals surface area contributed by atoms with E-state index in [1.807, 2.05) is 0 Å². The number of carbonyl (C=O) groups is 1. The van der Waals surface area contributed by atoms with Crippen molar-refractivity contribution >= 4 is 27.5 Å². The van der Waals surface area contributed by atoms with E-state index < -0.39 is 16.1 Å². The average molecular weight is 352 g/mol. The molecule has 0 saturated carbocycles. The first kappa shape index (κ1) is 17.6. The summed E-state index contributed by atoms with van der Waals surface area (Å²) in [7, 11) is -1.27. The van der Waals surface area contributed by atoms with Crippen LogP contribution in [-0.4, -0.2) is 33.2 Å². The first-order chi connectivity index (χ1) is 11.3. The van der Waals surface area contributed by atoms with Crippen LogP contribution in [0.5, 0.6) is 11.5 Å². The Morgan fingerprint density at radius 2 is 1.46 bits per heavy atom. The summed E-state index contributed by atoms with van der Waals surface area (Å²) in [4.78, 5) is 11.7. The van der Waals surface area contributed by atoms with Gasteiger partial charge in [-0.1, -0.05) is 0 Å². The number of amides is 2. The van der Waals surface area contributed by atoms with Gasteiger partial charge in [0.15, 0.2) is 11.5 Å². The number of carbonyl (C=O) groups excluding carboxylic acids is 1. The number of hydrogen-bond donors (Lipinski definition) is 3. The van der Waals surface area contributed by atoms with Crippen molar-refractivity contribution in [2.24, 2.45) is 0 Å². The zero-order valence-electron chi connectivity index (χ0n) is 12.9. The molecule has 128 valence electrons. The predicted octanol–water partition coefficient (Wildman–Crippen LogP) is 2.59.